The largest absolute Gasteiger partial charge is 0.373 e. The van der Waals surface area contributed by atoms with Crippen LogP contribution in [0.5, 0.6) is 0 Å². The lowest BCUT2D eigenvalue weighted by Crippen LogP contribution is -2.35. The third-order valence-electron chi connectivity index (χ3n) is 3.56. The number of thiocarbonyl (C=S) groups is 1. The molecule has 0 radical (unpaired) electrons. The Kier molecular flexibility index (Phi) is 5.78. The SMILES string of the molecule is Cc1ccc(NC(=S)NCCN(C)c2ccccc2)c(C)c1. The molecular formula is C18H23N3S. The summed E-state index contributed by atoms with van der Waals surface area (Å²) in [6.07, 6.45) is 0. The van der Waals surface area contributed by atoms with Crippen molar-refractivity contribution >= 4 is 28.7 Å². The van der Waals surface area contributed by atoms with Crippen molar-refractivity contribution in [3.05, 3.63) is 59.7 Å². The molecule has 0 saturated carbocycles. The highest BCUT2D eigenvalue weighted by molar-refractivity contribution is 7.80. The van der Waals surface area contributed by atoms with Crippen molar-refractivity contribution in [2.45, 2.75) is 13.8 Å². The molecule has 2 N–H and O–H groups in total. The van der Waals surface area contributed by atoms with Gasteiger partial charge in [-0.15, -0.1) is 0 Å². The predicted molar refractivity (Wildman–Crippen MR) is 99.9 cm³/mol. The molecule has 116 valence electrons. The fourth-order valence-corrected chi connectivity index (χ4v) is 2.48. The van der Waals surface area contributed by atoms with Gasteiger partial charge in [-0.2, -0.15) is 0 Å². The van der Waals surface area contributed by atoms with Gasteiger partial charge < -0.3 is 15.5 Å². The highest BCUT2D eigenvalue weighted by Crippen LogP contribution is 2.15. The fraction of sp³-hybridized carbons (Fsp3) is 0.278. The number of anilines is 2. The molecule has 4 heteroatoms. The van der Waals surface area contributed by atoms with E-state index in [-0.39, 0.29) is 0 Å². The number of rotatable bonds is 5. The number of hydrogen-bond donors (Lipinski definition) is 2. The summed E-state index contributed by atoms with van der Waals surface area (Å²) in [4.78, 5) is 2.20. The molecule has 22 heavy (non-hydrogen) atoms. The fourth-order valence-electron chi connectivity index (χ4n) is 2.27. The molecule has 0 aliphatic heterocycles. The van der Waals surface area contributed by atoms with Crippen molar-refractivity contribution in [3.8, 4) is 0 Å². The van der Waals surface area contributed by atoms with Gasteiger partial charge in [-0.25, -0.2) is 0 Å². The van der Waals surface area contributed by atoms with E-state index < -0.39 is 0 Å². The van der Waals surface area contributed by atoms with Gasteiger partial charge in [-0.3, -0.25) is 0 Å². The van der Waals surface area contributed by atoms with Crippen molar-refractivity contribution in [3.63, 3.8) is 0 Å². The molecule has 0 atom stereocenters. The molecule has 0 heterocycles. The zero-order valence-corrected chi connectivity index (χ0v) is 14.2. The second-order valence-electron chi connectivity index (χ2n) is 5.46. The van der Waals surface area contributed by atoms with Crippen molar-refractivity contribution in [1.29, 1.82) is 0 Å². The van der Waals surface area contributed by atoms with Gasteiger partial charge in [-0.1, -0.05) is 35.9 Å². The van der Waals surface area contributed by atoms with Crippen LogP contribution in [0, 0.1) is 13.8 Å². The highest BCUT2D eigenvalue weighted by atomic mass is 32.1. The van der Waals surface area contributed by atoms with Gasteiger partial charge >= 0.3 is 0 Å². The van der Waals surface area contributed by atoms with Crippen LogP contribution in [0.2, 0.25) is 0 Å². The minimum Gasteiger partial charge on any atom is -0.373 e. The van der Waals surface area contributed by atoms with Crippen molar-refractivity contribution < 1.29 is 0 Å². The maximum Gasteiger partial charge on any atom is 0.170 e. The number of hydrogen-bond acceptors (Lipinski definition) is 2. The molecule has 2 rings (SSSR count). The van der Waals surface area contributed by atoms with Crippen LogP contribution in [-0.4, -0.2) is 25.2 Å². The second-order valence-corrected chi connectivity index (χ2v) is 5.86. The summed E-state index contributed by atoms with van der Waals surface area (Å²) in [6.45, 7) is 5.86. The molecule has 0 amide bonds. The first-order chi connectivity index (χ1) is 10.6. The van der Waals surface area contributed by atoms with Crippen LogP contribution in [0.15, 0.2) is 48.5 Å². The normalized spacial score (nSPS) is 10.1. The molecule has 3 nitrogen and oxygen atoms in total. The molecule has 0 bridgehead atoms. The molecule has 0 aliphatic carbocycles. The average molecular weight is 313 g/mol. The Morgan fingerprint density at radius 2 is 1.82 bits per heavy atom. The van der Waals surface area contributed by atoms with Gasteiger partial charge in [0.15, 0.2) is 5.11 Å². The smallest absolute Gasteiger partial charge is 0.170 e. The molecule has 0 aliphatic rings. The summed E-state index contributed by atoms with van der Waals surface area (Å²) < 4.78 is 0. The summed E-state index contributed by atoms with van der Waals surface area (Å²) in [7, 11) is 2.08. The first kappa shape index (κ1) is 16.3. The van der Waals surface area contributed by atoms with Crippen molar-refractivity contribution in [1.82, 2.24) is 5.32 Å². The quantitative estimate of drug-likeness (QED) is 0.823. The molecule has 2 aromatic rings. The van der Waals surface area contributed by atoms with E-state index in [0.717, 1.165) is 18.8 Å². The maximum absolute atomic E-state index is 5.36. The number of para-hydroxylation sites is 1. The van der Waals surface area contributed by atoms with Crippen molar-refractivity contribution in [2.75, 3.05) is 30.4 Å². The van der Waals surface area contributed by atoms with E-state index in [1.54, 1.807) is 0 Å². The third-order valence-corrected chi connectivity index (χ3v) is 3.81. The highest BCUT2D eigenvalue weighted by Gasteiger charge is 2.03. The van der Waals surface area contributed by atoms with Crippen LogP contribution < -0.4 is 15.5 Å². The summed E-state index contributed by atoms with van der Waals surface area (Å²) >= 11 is 5.36. The van der Waals surface area contributed by atoms with Crippen LogP contribution in [-0.2, 0) is 0 Å². The first-order valence-electron chi connectivity index (χ1n) is 7.44. The Balaban J connectivity index is 1.78. The Bertz CT molecular complexity index is 625. The van der Waals surface area contributed by atoms with Gasteiger partial charge in [0.1, 0.15) is 0 Å². The standard InChI is InChI=1S/C18H23N3S/c1-14-9-10-17(15(2)13-14)20-18(22)19-11-12-21(3)16-7-5-4-6-8-16/h4-10,13H,11-12H2,1-3H3,(H2,19,20,22). The van der Waals surface area contributed by atoms with E-state index in [0.29, 0.717) is 5.11 Å². The van der Waals surface area contributed by atoms with E-state index in [4.69, 9.17) is 12.2 Å². The van der Waals surface area contributed by atoms with Gasteiger partial charge in [-0.05, 0) is 49.8 Å². The molecule has 0 unspecified atom stereocenters. The maximum atomic E-state index is 5.36. The molecule has 2 aromatic carbocycles. The second kappa shape index (κ2) is 7.80. The lowest BCUT2D eigenvalue weighted by molar-refractivity contribution is 0.827. The Hall–Kier alpha value is -2.07. The summed E-state index contributed by atoms with van der Waals surface area (Å²) in [5.41, 5.74) is 4.72. The Morgan fingerprint density at radius 3 is 2.50 bits per heavy atom. The zero-order chi connectivity index (χ0) is 15.9. The minimum atomic E-state index is 0.661. The van der Waals surface area contributed by atoms with E-state index in [1.165, 1.54) is 16.8 Å². The predicted octanol–water partition coefficient (Wildman–Crippen LogP) is 3.73. The topological polar surface area (TPSA) is 27.3 Å². The summed E-state index contributed by atoms with van der Waals surface area (Å²) in [5, 5.41) is 7.17. The van der Waals surface area contributed by atoms with E-state index in [2.05, 4.69) is 66.8 Å². The van der Waals surface area contributed by atoms with E-state index >= 15 is 0 Å². The molecular weight excluding hydrogens is 290 g/mol. The summed E-state index contributed by atoms with van der Waals surface area (Å²) in [5.74, 6) is 0. The number of likely N-dealkylation sites (N-methyl/N-ethyl adjacent to an activating group) is 1. The zero-order valence-electron chi connectivity index (χ0n) is 13.4. The van der Waals surface area contributed by atoms with Crippen molar-refractivity contribution in [2.24, 2.45) is 0 Å². The van der Waals surface area contributed by atoms with Crippen LogP contribution in [0.3, 0.4) is 0 Å². The lowest BCUT2D eigenvalue weighted by Gasteiger charge is -2.20. The lowest BCUT2D eigenvalue weighted by atomic mass is 10.1. The number of benzene rings is 2. The van der Waals surface area contributed by atoms with Gasteiger partial charge in [0.25, 0.3) is 0 Å². The van der Waals surface area contributed by atoms with Gasteiger partial charge in [0, 0.05) is 31.5 Å². The average Bonchev–Trinajstić information content (AvgIpc) is 2.51. The van der Waals surface area contributed by atoms with Crippen LogP contribution in [0.1, 0.15) is 11.1 Å². The van der Waals surface area contributed by atoms with Crippen LogP contribution >= 0.6 is 12.2 Å². The summed E-state index contributed by atoms with van der Waals surface area (Å²) in [6, 6.07) is 16.6. The number of nitrogens with one attached hydrogen (secondary N) is 2. The molecule has 0 aromatic heterocycles. The van der Waals surface area contributed by atoms with Crippen LogP contribution in [0.4, 0.5) is 11.4 Å². The van der Waals surface area contributed by atoms with E-state index in [9.17, 15) is 0 Å². The van der Waals surface area contributed by atoms with Crippen LogP contribution in [0.25, 0.3) is 0 Å². The monoisotopic (exact) mass is 313 g/mol. The molecule has 0 fully saturated rings. The minimum absolute atomic E-state index is 0.661. The van der Waals surface area contributed by atoms with Gasteiger partial charge in [0.2, 0.25) is 0 Å². The van der Waals surface area contributed by atoms with Gasteiger partial charge in [0.05, 0.1) is 0 Å². The number of nitrogens with zero attached hydrogens (tertiary/aromatic N) is 1. The molecule has 0 spiro atoms. The molecule has 0 saturated heterocycles. The number of aryl methyl sites for hydroxylation is 2. The Labute approximate surface area is 138 Å². The third kappa shape index (κ3) is 4.74. The Morgan fingerprint density at radius 1 is 1.09 bits per heavy atom. The first-order valence-corrected chi connectivity index (χ1v) is 7.85. The van der Waals surface area contributed by atoms with E-state index in [1.807, 2.05) is 18.2 Å².